The lowest BCUT2D eigenvalue weighted by Crippen LogP contribution is -2.42. The first kappa shape index (κ1) is 23.3. The van der Waals surface area contributed by atoms with E-state index in [0.29, 0.717) is 18.7 Å². The predicted molar refractivity (Wildman–Crippen MR) is 131 cm³/mol. The number of ether oxygens (including phenoxy) is 1. The van der Waals surface area contributed by atoms with Crippen molar-refractivity contribution in [1.29, 1.82) is 0 Å². The lowest BCUT2D eigenvalue weighted by atomic mass is 9.94. The number of rotatable bonds is 5. The Hall–Kier alpha value is -2.90. The molecule has 0 saturated carbocycles. The molecule has 0 spiro atoms. The van der Waals surface area contributed by atoms with Crippen LogP contribution in [-0.4, -0.2) is 45.9 Å². The number of methoxy groups -OCH3 is 1. The first-order valence-corrected chi connectivity index (χ1v) is 12.6. The zero-order valence-electron chi connectivity index (χ0n) is 19.5. The summed E-state index contributed by atoms with van der Waals surface area (Å²) in [6.45, 7) is 5.05. The molecular formula is C26H30N2O4S. The summed E-state index contributed by atoms with van der Waals surface area (Å²) >= 11 is 0. The van der Waals surface area contributed by atoms with Crippen molar-refractivity contribution in [3.63, 3.8) is 0 Å². The van der Waals surface area contributed by atoms with E-state index in [1.807, 2.05) is 42.5 Å². The molecule has 1 fully saturated rings. The third kappa shape index (κ3) is 4.61. The van der Waals surface area contributed by atoms with E-state index in [-0.39, 0.29) is 28.4 Å². The van der Waals surface area contributed by atoms with Crippen molar-refractivity contribution in [2.75, 3.05) is 32.1 Å². The molecule has 2 unspecified atom stereocenters. The minimum atomic E-state index is -3.81. The van der Waals surface area contributed by atoms with Crippen LogP contribution in [0.3, 0.4) is 0 Å². The molecule has 4 rings (SSSR count). The number of carbonyl (C=O) groups excluding carboxylic acids is 1. The van der Waals surface area contributed by atoms with Crippen molar-refractivity contribution < 1.29 is 17.9 Å². The second kappa shape index (κ2) is 9.15. The largest absolute Gasteiger partial charge is 0.495 e. The number of sulfonamides is 1. The van der Waals surface area contributed by atoms with Crippen LogP contribution in [0.2, 0.25) is 0 Å². The van der Waals surface area contributed by atoms with E-state index in [4.69, 9.17) is 4.74 Å². The first-order chi connectivity index (χ1) is 15.7. The lowest BCUT2D eigenvalue weighted by Gasteiger charge is -2.34. The second-order valence-corrected chi connectivity index (χ2v) is 10.9. The number of fused-ring (bicyclic) bond motifs is 1. The summed E-state index contributed by atoms with van der Waals surface area (Å²) < 4.78 is 34.0. The van der Waals surface area contributed by atoms with Gasteiger partial charge in [-0.1, -0.05) is 44.2 Å². The highest BCUT2D eigenvalue weighted by Gasteiger charge is 2.34. The molecule has 0 N–H and O–H groups in total. The molecule has 7 heteroatoms. The van der Waals surface area contributed by atoms with Gasteiger partial charge >= 0.3 is 0 Å². The van der Waals surface area contributed by atoms with Gasteiger partial charge in [-0.15, -0.1) is 0 Å². The van der Waals surface area contributed by atoms with Crippen LogP contribution in [0, 0.1) is 11.8 Å². The Labute approximate surface area is 195 Å². The van der Waals surface area contributed by atoms with Crippen LogP contribution in [-0.2, 0) is 10.0 Å². The maximum atomic E-state index is 13.5. The second-order valence-electron chi connectivity index (χ2n) is 9.03. The number of anilines is 1. The molecule has 1 amide bonds. The Morgan fingerprint density at radius 2 is 1.64 bits per heavy atom. The minimum absolute atomic E-state index is 0.0315. The van der Waals surface area contributed by atoms with Gasteiger partial charge in [0.2, 0.25) is 10.0 Å². The molecule has 1 aliphatic heterocycles. The van der Waals surface area contributed by atoms with Gasteiger partial charge in [0.05, 0.1) is 7.11 Å². The molecule has 1 heterocycles. The van der Waals surface area contributed by atoms with Crippen LogP contribution < -0.4 is 9.64 Å². The number of piperidine rings is 1. The average molecular weight is 467 g/mol. The van der Waals surface area contributed by atoms with Crippen LogP contribution in [0.5, 0.6) is 5.75 Å². The van der Waals surface area contributed by atoms with Gasteiger partial charge in [-0.2, -0.15) is 4.31 Å². The maximum absolute atomic E-state index is 13.5. The highest BCUT2D eigenvalue weighted by Crippen LogP contribution is 2.32. The third-order valence-corrected chi connectivity index (χ3v) is 8.14. The molecule has 0 aromatic heterocycles. The van der Waals surface area contributed by atoms with Crippen molar-refractivity contribution in [1.82, 2.24) is 4.31 Å². The first-order valence-electron chi connectivity index (χ1n) is 11.2. The molecule has 33 heavy (non-hydrogen) atoms. The highest BCUT2D eigenvalue weighted by molar-refractivity contribution is 7.89. The third-order valence-electron chi connectivity index (χ3n) is 6.29. The highest BCUT2D eigenvalue weighted by atomic mass is 32.2. The number of hydrogen-bond acceptors (Lipinski definition) is 4. The molecule has 1 saturated heterocycles. The normalized spacial score (nSPS) is 19.4. The summed E-state index contributed by atoms with van der Waals surface area (Å²) in [5, 5.41) is 2.12. The number of benzene rings is 3. The van der Waals surface area contributed by atoms with Gasteiger partial charge in [0.25, 0.3) is 5.91 Å². The summed E-state index contributed by atoms with van der Waals surface area (Å²) in [6, 6.07) is 18.4. The molecule has 6 nitrogen and oxygen atoms in total. The molecule has 1 aliphatic rings. The lowest BCUT2D eigenvalue weighted by molar-refractivity contribution is 0.0992. The standard InChI is InChI=1S/C26H30N2O4S/c1-18-13-19(2)17-28(16-18)33(30,31)25-15-22(10-12-24(25)32-4)26(29)27(3)23-11-9-20-7-5-6-8-21(20)14-23/h5-12,14-15,18-19H,13,16-17H2,1-4H3. The quantitative estimate of drug-likeness (QED) is 0.542. The smallest absolute Gasteiger partial charge is 0.258 e. The number of nitrogens with zero attached hydrogens (tertiary/aromatic N) is 2. The zero-order valence-corrected chi connectivity index (χ0v) is 20.3. The monoisotopic (exact) mass is 466 g/mol. The summed E-state index contributed by atoms with van der Waals surface area (Å²) in [5.74, 6) is 0.507. The summed E-state index contributed by atoms with van der Waals surface area (Å²) in [4.78, 5) is 14.9. The van der Waals surface area contributed by atoms with E-state index in [9.17, 15) is 13.2 Å². The number of carbonyl (C=O) groups is 1. The molecule has 0 radical (unpaired) electrons. The Morgan fingerprint density at radius 1 is 0.970 bits per heavy atom. The van der Waals surface area contributed by atoms with Gasteiger partial charge in [0.15, 0.2) is 0 Å². The fraction of sp³-hybridized carbons (Fsp3) is 0.346. The van der Waals surface area contributed by atoms with Crippen LogP contribution in [0.4, 0.5) is 5.69 Å². The summed E-state index contributed by atoms with van der Waals surface area (Å²) in [7, 11) is -0.672. The molecule has 3 aromatic rings. The van der Waals surface area contributed by atoms with Gasteiger partial charge in [-0.25, -0.2) is 8.42 Å². The van der Waals surface area contributed by atoms with Crippen LogP contribution >= 0.6 is 0 Å². The Bertz CT molecular complexity index is 1280. The van der Waals surface area contributed by atoms with Crippen molar-refractivity contribution in [3.05, 3.63) is 66.2 Å². The van der Waals surface area contributed by atoms with E-state index in [1.54, 1.807) is 19.2 Å². The Morgan fingerprint density at radius 3 is 2.30 bits per heavy atom. The number of amides is 1. The van der Waals surface area contributed by atoms with Crippen molar-refractivity contribution in [2.45, 2.75) is 25.2 Å². The molecule has 0 bridgehead atoms. The van der Waals surface area contributed by atoms with E-state index in [0.717, 1.165) is 22.9 Å². The Balaban J connectivity index is 1.68. The van der Waals surface area contributed by atoms with Gasteiger partial charge in [-0.3, -0.25) is 4.79 Å². The van der Waals surface area contributed by atoms with E-state index in [2.05, 4.69) is 13.8 Å². The zero-order chi connectivity index (χ0) is 23.8. The topological polar surface area (TPSA) is 66.9 Å². The van der Waals surface area contributed by atoms with Crippen LogP contribution in [0.25, 0.3) is 10.8 Å². The maximum Gasteiger partial charge on any atom is 0.258 e. The summed E-state index contributed by atoms with van der Waals surface area (Å²) in [5.41, 5.74) is 1.03. The average Bonchev–Trinajstić information content (AvgIpc) is 2.81. The van der Waals surface area contributed by atoms with Crippen LogP contribution in [0.15, 0.2) is 65.6 Å². The molecule has 174 valence electrons. The van der Waals surface area contributed by atoms with Crippen molar-refractivity contribution in [2.24, 2.45) is 11.8 Å². The van der Waals surface area contributed by atoms with Gasteiger partial charge in [0.1, 0.15) is 10.6 Å². The fourth-order valence-corrected chi connectivity index (χ4v) is 6.51. The van der Waals surface area contributed by atoms with Crippen LogP contribution in [0.1, 0.15) is 30.6 Å². The fourth-order valence-electron chi connectivity index (χ4n) is 4.65. The number of hydrogen-bond donors (Lipinski definition) is 0. The van der Waals surface area contributed by atoms with Crippen molar-refractivity contribution in [3.8, 4) is 5.75 Å². The molecule has 0 aliphatic carbocycles. The minimum Gasteiger partial charge on any atom is -0.495 e. The summed E-state index contributed by atoms with van der Waals surface area (Å²) in [6.07, 6.45) is 0.998. The van der Waals surface area contributed by atoms with E-state index in [1.165, 1.54) is 22.4 Å². The van der Waals surface area contributed by atoms with Gasteiger partial charge in [-0.05, 0) is 59.4 Å². The Kier molecular flexibility index (Phi) is 6.45. The predicted octanol–water partition coefficient (Wildman–Crippen LogP) is 4.79. The van der Waals surface area contributed by atoms with Gasteiger partial charge < -0.3 is 9.64 Å². The van der Waals surface area contributed by atoms with E-state index >= 15 is 0 Å². The molecular weight excluding hydrogens is 436 g/mol. The van der Waals surface area contributed by atoms with Crippen molar-refractivity contribution >= 4 is 32.4 Å². The SMILES string of the molecule is COc1ccc(C(=O)N(C)c2ccc3ccccc3c2)cc1S(=O)(=O)N1CC(C)CC(C)C1. The van der Waals surface area contributed by atoms with E-state index < -0.39 is 10.0 Å². The molecule has 3 aromatic carbocycles. The molecule has 2 atom stereocenters. The van der Waals surface area contributed by atoms with Gasteiger partial charge in [0, 0.05) is 31.4 Å².